The maximum Gasteiger partial charge on any atom is 0.323 e. The van der Waals surface area contributed by atoms with Crippen LogP contribution in [0.4, 0.5) is 0 Å². The number of imidazole rings is 1. The van der Waals surface area contributed by atoms with Gasteiger partial charge in [0.1, 0.15) is 31.0 Å². The van der Waals surface area contributed by atoms with Crippen molar-refractivity contribution < 1.29 is 24.5 Å². The molecule has 2 aromatic rings. The topological polar surface area (TPSA) is 166 Å². The molecule has 11 nitrogen and oxygen atoms in total. The van der Waals surface area contributed by atoms with E-state index in [0.29, 0.717) is 0 Å². The molecular weight excluding hydrogens is 358 g/mol. The Kier molecular flexibility index (Phi) is 5.56. The van der Waals surface area contributed by atoms with E-state index in [-0.39, 0.29) is 23.7 Å². The zero-order chi connectivity index (χ0) is 19.7. The molecule has 0 saturated carbocycles. The number of esters is 1. The molecule has 1 aliphatic heterocycles. The average molecular weight is 381 g/mol. The fourth-order valence-electron chi connectivity index (χ4n) is 2.89. The van der Waals surface area contributed by atoms with Crippen molar-refractivity contribution in [1.82, 2.24) is 19.5 Å². The van der Waals surface area contributed by atoms with Gasteiger partial charge in [0.25, 0.3) is 5.56 Å². The van der Waals surface area contributed by atoms with Crippen LogP contribution in [0.15, 0.2) is 17.4 Å². The van der Waals surface area contributed by atoms with Gasteiger partial charge in [-0.25, -0.2) is 9.97 Å². The summed E-state index contributed by atoms with van der Waals surface area (Å²) in [4.78, 5) is 34.1. The summed E-state index contributed by atoms with van der Waals surface area (Å²) in [5.41, 5.74) is 5.67. The lowest BCUT2D eigenvalue weighted by atomic mass is 10.0. The number of nitrogens with zero attached hydrogens (tertiary/aromatic N) is 3. The van der Waals surface area contributed by atoms with Gasteiger partial charge in [0, 0.05) is 0 Å². The maximum absolute atomic E-state index is 12.0. The van der Waals surface area contributed by atoms with Gasteiger partial charge in [0.15, 0.2) is 17.4 Å². The van der Waals surface area contributed by atoms with E-state index in [9.17, 15) is 19.8 Å². The molecule has 3 rings (SSSR count). The molecule has 0 aliphatic carbocycles. The Labute approximate surface area is 154 Å². The molecule has 0 radical (unpaired) electrons. The Morgan fingerprint density at radius 3 is 2.89 bits per heavy atom. The highest BCUT2D eigenvalue weighted by molar-refractivity contribution is 5.75. The monoisotopic (exact) mass is 381 g/mol. The van der Waals surface area contributed by atoms with Crippen LogP contribution >= 0.6 is 0 Å². The van der Waals surface area contributed by atoms with Crippen LogP contribution in [0.2, 0.25) is 0 Å². The predicted octanol–water partition coefficient (Wildman–Crippen LogP) is -1.34. The van der Waals surface area contributed by atoms with Crippen LogP contribution < -0.4 is 11.3 Å². The van der Waals surface area contributed by atoms with E-state index < -0.39 is 42.1 Å². The van der Waals surface area contributed by atoms with Gasteiger partial charge in [-0.3, -0.25) is 14.2 Å². The quantitative estimate of drug-likeness (QED) is 0.443. The van der Waals surface area contributed by atoms with Crippen molar-refractivity contribution in [2.45, 2.75) is 50.8 Å². The number of aromatic nitrogens is 4. The Morgan fingerprint density at radius 1 is 1.44 bits per heavy atom. The van der Waals surface area contributed by atoms with E-state index in [0.717, 1.165) is 6.42 Å². The first-order chi connectivity index (χ1) is 12.8. The van der Waals surface area contributed by atoms with Gasteiger partial charge in [-0.05, 0) is 5.92 Å². The molecule has 0 spiro atoms. The molecule has 1 aliphatic rings. The van der Waals surface area contributed by atoms with Gasteiger partial charge in [-0.1, -0.05) is 20.3 Å². The van der Waals surface area contributed by atoms with E-state index in [1.54, 1.807) is 0 Å². The summed E-state index contributed by atoms with van der Waals surface area (Å²) in [5, 5.41) is 20.6. The summed E-state index contributed by atoms with van der Waals surface area (Å²) < 4.78 is 12.1. The van der Waals surface area contributed by atoms with Crippen molar-refractivity contribution in [2.75, 3.05) is 6.61 Å². The number of aliphatic hydroxyl groups excluding tert-OH is 2. The van der Waals surface area contributed by atoms with Gasteiger partial charge in [0.05, 0.1) is 12.7 Å². The highest BCUT2D eigenvalue weighted by atomic mass is 16.6. The third kappa shape index (κ3) is 3.58. The Hall–Kier alpha value is -2.34. The molecule has 27 heavy (non-hydrogen) atoms. The summed E-state index contributed by atoms with van der Waals surface area (Å²) in [6.45, 7) is 3.49. The summed E-state index contributed by atoms with van der Waals surface area (Å²) in [6, 6.07) is -0.775. The average Bonchev–Trinajstić information content (AvgIpc) is 3.21. The van der Waals surface area contributed by atoms with E-state index in [4.69, 9.17) is 15.2 Å². The van der Waals surface area contributed by atoms with Crippen molar-refractivity contribution in [1.29, 1.82) is 0 Å². The number of aromatic amines is 1. The van der Waals surface area contributed by atoms with Gasteiger partial charge in [-0.2, -0.15) is 0 Å². The van der Waals surface area contributed by atoms with Crippen molar-refractivity contribution in [2.24, 2.45) is 11.7 Å². The fraction of sp³-hybridized carbons (Fsp3) is 0.625. The molecule has 148 valence electrons. The molecule has 2 aromatic heterocycles. The minimum atomic E-state index is -1.32. The highest BCUT2D eigenvalue weighted by Gasteiger charge is 2.45. The Bertz CT molecular complexity index is 866. The molecular formula is C16H23N5O6. The molecule has 1 fully saturated rings. The lowest BCUT2D eigenvalue weighted by Crippen LogP contribution is -2.40. The van der Waals surface area contributed by atoms with Gasteiger partial charge in [-0.15, -0.1) is 0 Å². The molecule has 2 unspecified atom stereocenters. The normalized spacial score (nSPS) is 27.6. The van der Waals surface area contributed by atoms with Crippen LogP contribution in [0.25, 0.3) is 11.2 Å². The van der Waals surface area contributed by atoms with Crippen molar-refractivity contribution in [3.05, 3.63) is 23.0 Å². The number of aliphatic hydroxyl groups is 2. The maximum atomic E-state index is 12.0. The second-order valence-electron chi connectivity index (χ2n) is 6.64. The zero-order valence-corrected chi connectivity index (χ0v) is 15.0. The second-order valence-corrected chi connectivity index (χ2v) is 6.64. The number of carbonyl (C=O) groups is 1. The number of ether oxygens (including phenoxy) is 2. The van der Waals surface area contributed by atoms with Gasteiger partial charge >= 0.3 is 5.97 Å². The van der Waals surface area contributed by atoms with Crippen LogP contribution in [0, 0.1) is 5.92 Å². The Balaban J connectivity index is 1.71. The van der Waals surface area contributed by atoms with Crippen LogP contribution in [-0.2, 0) is 14.3 Å². The highest BCUT2D eigenvalue weighted by Crippen LogP contribution is 2.31. The number of hydrogen-bond acceptors (Lipinski definition) is 9. The molecule has 0 aromatic carbocycles. The number of nitrogens with two attached hydrogens (primary N) is 1. The lowest BCUT2D eigenvalue weighted by Gasteiger charge is -2.19. The van der Waals surface area contributed by atoms with Crippen molar-refractivity contribution in [3.63, 3.8) is 0 Å². The van der Waals surface area contributed by atoms with Crippen LogP contribution in [0.1, 0.15) is 26.5 Å². The molecule has 0 amide bonds. The Morgan fingerprint density at radius 2 is 2.19 bits per heavy atom. The van der Waals surface area contributed by atoms with E-state index in [1.165, 1.54) is 17.2 Å². The minimum Gasteiger partial charge on any atom is -0.462 e. The van der Waals surface area contributed by atoms with E-state index >= 15 is 0 Å². The zero-order valence-electron chi connectivity index (χ0n) is 15.0. The van der Waals surface area contributed by atoms with Crippen molar-refractivity contribution in [3.8, 4) is 0 Å². The number of H-pyrrole nitrogens is 1. The third-order valence-electron chi connectivity index (χ3n) is 4.90. The molecule has 11 heteroatoms. The summed E-state index contributed by atoms with van der Waals surface area (Å²) in [5.74, 6) is -0.647. The largest absolute Gasteiger partial charge is 0.462 e. The van der Waals surface area contributed by atoms with E-state index in [1.807, 2.05) is 13.8 Å². The molecule has 1 saturated heterocycles. The summed E-state index contributed by atoms with van der Waals surface area (Å²) >= 11 is 0. The van der Waals surface area contributed by atoms with E-state index in [2.05, 4.69) is 15.0 Å². The first-order valence-electron chi connectivity index (χ1n) is 8.69. The van der Waals surface area contributed by atoms with Gasteiger partial charge in [0.2, 0.25) is 0 Å². The smallest absolute Gasteiger partial charge is 0.323 e. The third-order valence-corrected chi connectivity index (χ3v) is 4.90. The SMILES string of the molecule is CCC(C)C(N)C(=O)OC[C@@H]1O[C@@H](n2cnc3c(=O)[nH]cnc32)[C@H](O)[C@@H]1O. The number of rotatable bonds is 6. The molecule has 6 atom stereocenters. The first kappa shape index (κ1) is 19.4. The van der Waals surface area contributed by atoms with Crippen LogP contribution in [0.5, 0.6) is 0 Å². The lowest BCUT2D eigenvalue weighted by molar-refractivity contribution is -0.152. The number of hydrogen-bond donors (Lipinski definition) is 4. The molecule has 0 bridgehead atoms. The van der Waals surface area contributed by atoms with Gasteiger partial charge < -0.3 is 30.4 Å². The first-order valence-corrected chi connectivity index (χ1v) is 8.69. The standard InChI is InChI=1S/C16H23N5O6/c1-3-7(2)9(17)16(25)26-4-8-11(22)12(23)15(27-8)21-6-20-10-13(21)18-5-19-14(10)24/h5-9,11-12,15,22-23H,3-4,17H2,1-2H3,(H,18,19,24)/t7?,8-,9?,11+,12+,15+/m0/s1. The summed E-state index contributed by atoms with van der Waals surface area (Å²) in [7, 11) is 0. The van der Waals surface area contributed by atoms with Crippen LogP contribution in [-0.4, -0.2) is 66.7 Å². The second kappa shape index (κ2) is 7.72. The number of nitrogens with one attached hydrogen (secondary N) is 1. The van der Waals surface area contributed by atoms with Crippen molar-refractivity contribution >= 4 is 17.1 Å². The number of fused-ring (bicyclic) bond motifs is 1. The minimum absolute atomic E-state index is 0.0493. The van der Waals surface area contributed by atoms with Crippen LogP contribution in [0.3, 0.4) is 0 Å². The molecule has 3 heterocycles. The fourth-order valence-corrected chi connectivity index (χ4v) is 2.89. The molecule has 5 N–H and O–H groups in total. The number of carbonyl (C=O) groups excluding carboxylic acids is 1. The summed E-state index contributed by atoms with van der Waals surface area (Å²) in [6.07, 6.45) is -1.41. The predicted molar refractivity (Wildman–Crippen MR) is 92.5 cm³/mol.